The van der Waals surface area contributed by atoms with E-state index in [1.807, 2.05) is 6.92 Å². The van der Waals surface area contributed by atoms with E-state index in [2.05, 4.69) is 17.1 Å². The van der Waals surface area contributed by atoms with Crippen LogP contribution in [0.4, 0.5) is 0 Å². The zero-order chi connectivity index (χ0) is 13.0. The predicted octanol–water partition coefficient (Wildman–Crippen LogP) is 0.740. The van der Waals surface area contributed by atoms with Crippen molar-refractivity contribution in [2.45, 2.75) is 44.9 Å². The minimum Gasteiger partial charge on any atom is -0.353 e. The van der Waals surface area contributed by atoms with Gasteiger partial charge in [0.2, 0.25) is 5.91 Å². The fourth-order valence-corrected chi connectivity index (χ4v) is 2.46. The first kappa shape index (κ1) is 13.8. The third kappa shape index (κ3) is 3.43. The third-order valence-corrected chi connectivity index (χ3v) is 3.82. The summed E-state index contributed by atoms with van der Waals surface area (Å²) in [6.07, 6.45) is 2.70. The molecule has 0 aromatic rings. The summed E-state index contributed by atoms with van der Waals surface area (Å²) in [6.45, 7) is 7.74. The average Bonchev–Trinajstić information content (AvgIpc) is 2.81. The number of nitrogens with zero attached hydrogens (tertiary/aromatic N) is 1. The molecule has 2 rings (SSSR count). The minimum atomic E-state index is -0.344. The summed E-state index contributed by atoms with van der Waals surface area (Å²) < 4.78 is 11.3. The quantitative estimate of drug-likeness (QED) is 0.806. The maximum Gasteiger partial charge on any atom is 0.234 e. The highest BCUT2D eigenvalue weighted by molar-refractivity contribution is 5.78. The van der Waals surface area contributed by atoms with E-state index >= 15 is 0 Å². The van der Waals surface area contributed by atoms with Gasteiger partial charge >= 0.3 is 0 Å². The molecule has 0 radical (unpaired) electrons. The normalized spacial score (nSPS) is 25.2. The first-order valence-electron chi connectivity index (χ1n) is 6.93. The highest BCUT2D eigenvalue weighted by Crippen LogP contribution is 2.30. The van der Waals surface area contributed by atoms with Gasteiger partial charge in [-0.15, -0.1) is 0 Å². The van der Waals surface area contributed by atoms with Crippen molar-refractivity contribution in [1.82, 2.24) is 10.2 Å². The molecule has 2 fully saturated rings. The molecular weight excluding hydrogens is 232 g/mol. The van der Waals surface area contributed by atoms with Gasteiger partial charge in [0.15, 0.2) is 5.79 Å². The van der Waals surface area contributed by atoms with Crippen LogP contribution in [-0.4, -0.2) is 55.5 Å². The van der Waals surface area contributed by atoms with E-state index < -0.39 is 0 Å². The summed E-state index contributed by atoms with van der Waals surface area (Å²) in [4.78, 5) is 14.0. The van der Waals surface area contributed by atoms with Crippen LogP contribution >= 0.6 is 0 Å². The summed E-state index contributed by atoms with van der Waals surface area (Å²) in [7, 11) is 0. The van der Waals surface area contributed by atoms with Gasteiger partial charge in [0.05, 0.1) is 19.8 Å². The lowest BCUT2D eigenvalue weighted by Gasteiger charge is -2.37. The second-order valence-electron chi connectivity index (χ2n) is 5.26. The first-order valence-corrected chi connectivity index (χ1v) is 6.93. The van der Waals surface area contributed by atoms with Gasteiger partial charge in [0.25, 0.3) is 0 Å². The van der Waals surface area contributed by atoms with Crippen LogP contribution in [0.25, 0.3) is 0 Å². The Balaban J connectivity index is 1.71. The van der Waals surface area contributed by atoms with Crippen LogP contribution < -0.4 is 5.32 Å². The zero-order valence-corrected chi connectivity index (χ0v) is 11.4. The Kier molecular flexibility index (Phi) is 4.59. The molecule has 2 aliphatic heterocycles. The number of carbonyl (C=O) groups is 1. The molecule has 5 heteroatoms. The number of likely N-dealkylation sites (tertiary alicyclic amines) is 1. The van der Waals surface area contributed by atoms with Gasteiger partial charge in [0, 0.05) is 32.0 Å². The number of hydrogen-bond acceptors (Lipinski definition) is 4. The maximum atomic E-state index is 11.8. The standard InChI is InChI=1S/C13H24N2O3/c1-3-11(2)14-12(16)10-15-6-4-13(5-7-15)17-8-9-18-13/h11H,3-10H2,1-2H3,(H,14,16). The van der Waals surface area contributed by atoms with Gasteiger partial charge in [-0.05, 0) is 13.3 Å². The van der Waals surface area contributed by atoms with Gasteiger partial charge in [-0.25, -0.2) is 0 Å². The Hall–Kier alpha value is -0.650. The molecule has 1 amide bonds. The SMILES string of the molecule is CCC(C)NC(=O)CN1CCC2(CC1)OCCO2. The lowest BCUT2D eigenvalue weighted by atomic mass is 10.0. The van der Waals surface area contributed by atoms with Crippen molar-refractivity contribution in [3.63, 3.8) is 0 Å². The van der Waals surface area contributed by atoms with Crippen molar-refractivity contribution < 1.29 is 14.3 Å². The topological polar surface area (TPSA) is 50.8 Å². The highest BCUT2D eigenvalue weighted by atomic mass is 16.7. The Morgan fingerprint density at radius 2 is 1.94 bits per heavy atom. The van der Waals surface area contributed by atoms with E-state index in [0.29, 0.717) is 19.8 Å². The molecule has 18 heavy (non-hydrogen) atoms. The Morgan fingerprint density at radius 1 is 1.33 bits per heavy atom. The van der Waals surface area contributed by atoms with Gasteiger partial charge in [-0.1, -0.05) is 6.92 Å². The molecule has 1 atom stereocenters. The summed E-state index contributed by atoms with van der Waals surface area (Å²) in [6, 6.07) is 0.259. The molecule has 0 saturated carbocycles. The lowest BCUT2D eigenvalue weighted by Crippen LogP contribution is -2.49. The van der Waals surface area contributed by atoms with Crippen LogP contribution in [0.5, 0.6) is 0 Å². The van der Waals surface area contributed by atoms with Gasteiger partial charge in [-0.3, -0.25) is 9.69 Å². The van der Waals surface area contributed by atoms with E-state index in [1.54, 1.807) is 0 Å². The molecule has 0 aromatic heterocycles. The fourth-order valence-electron chi connectivity index (χ4n) is 2.46. The molecule has 0 aromatic carbocycles. The summed E-state index contributed by atoms with van der Waals surface area (Å²) in [5.74, 6) is -0.225. The predicted molar refractivity (Wildman–Crippen MR) is 68.2 cm³/mol. The summed E-state index contributed by atoms with van der Waals surface area (Å²) in [5, 5.41) is 2.99. The zero-order valence-electron chi connectivity index (χ0n) is 11.4. The number of carbonyl (C=O) groups excluding carboxylic acids is 1. The lowest BCUT2D eigenvalue weighted by molar-refractivity contribution is -0.185. The molecule has 1 N–H and O–H groups in total. The van der Waals surface area contributed by atoms with Crippen molar-refractivity contribution in [3.8, 4) is 0 Å². The van der Waals surface area contributed by atoms with Crippen molar-refractivity contribution in [2.24, 2.45) is 0 Å². The summed E-state index contributed by atoms with van der Waals surface area (Å²) >= 11 is 0. The number of piperidine rings is 1. The van der Waals surface area contributed by atoms with Gasteiger partial charge < -0.3 is 14.8 Å². The number of nitrogens with one attached hydrogen (secondary N) is 1. The smallest absolute Gasteiger partial charge is 0.234 e. The van der Waals surface area contributed by atoms with Crippen LogP contribution in [0.2, 0.25) is 0 Å². The van der Waals surface area contributed by atoms with E-state index in [9.17, 15) is 4.79 Å². The third-order valence-electron chi connectivity index (χ3n) is 3.82. The van der Waals surface area contributed by atoms with Crippen molar-refractivity contribution in [2.75, 3.05) is 32.8 Å². The molecule has 2 saturated heterocycles. The van der Waals surface area contributed by atoms with Gasteiger partial charge in [0.1, 0.15) is 0 Å². The second kappa shape index (κ2) is 5.99. The summed E-state index contributed by atoms with van der Waals surface area (Å²) in [5.41, 5.74) is 0. The fraction of sp³-hybridized carbons (Fsp3) is 0.923. The van der Waals surface area contributed by atoms with Crippen molar-refractivity contribution in [3.05, 3.63) is 0 Å². The number of hydrogen-bond donors (Lipinski definition) is 1. The highest BCUT2D eigenvalue weighted by Gasteiger charge is 2.39. The molecule has 1 unspecified atom stereocenters. The van der Waals surface area contributed by atoms with E-state index in [4.69, 9.17) is 9.47 Å². The molecule has 104 valence electrons. The molecule has 1 spiro atoms. The second-order valence-corrected chi connectivity index (χ2v) is 5.26. The van der Waals surface area contributed by atoms with Crippen LogP contribution in [0.3, 0.4) is 0 Å². The maximum absolute atomic E-state index is 11.8. The molecular formula is C13H24N2O3. The van der Waals surface area contributed by atoms with Crippen molar-refractivity contribution >= 4 is 5.91 Å². The Labute approximate surface area is 109 Å². The van der Waals surface area contributed by atoms with Crippen LogP contribution in [0, 0.1) is 0 Å². The molecule has 2 heterocycles. The first-order chi connectivity index (χ1) is 8.63. The minimum absolute atomic E-state index is 0.119. The van der Waals surface area contributed by atoms with Crippen molar-refractivity contribution in [1.29, 1.82) is 0 Å². The number of ether oxygens (including phenoxy) is 2. The van der Waals surface area contributed by atoms with E-state index in [0.717, 1.165) is 32.4 Å². The number of rotatable bonds is 4. The van der Waals surface area contributed by atoms with Crippen LogP contribution in [0.1, 0.15) is 33.1 Å². The largest absolute Gasteiger partial charge is 0.353 e. The van der Waals surface area contributed by atoms with Crippen LogP contribution in [0.15, 0.2) is 0 Å². The van der Waals surface area contributed by atoms with Crippen LogP contribution in [-0.2, 0) is 14.3 Å². The van der Waals surface area contributed by atoms with E-state index in [-0.39, 0.29) is 17.7 Å². The Bertz CT molecular complexity index is 280. The molecule has 0 bridgehead atoms. The molecule has 5 nitrogen and oxygen atoms in total. The Morgan fingerprint density at radius 3 is 2.50 bits per heavy atom. The monoisotopic (exact) mass is 256 g/mol. The molecule has 2 aliphatic rings. The molecule has 0 aliphatic carbocycles. The average molecular weight is 256 g/mol. The van der Waals surface area contributed by atoms with Gasteiger partial charge in [-0.2, -0.15) is 0 Å². The number of amides is 1. The van der Waals surface area contributed by atoms with E-state index in [1.165, 1.54) is 0 Å².